The number of aliphatic hydroxyl groups excluding tert-OH is 1. The van der Waals surface area contributed by atoms with E-state index in [9.17, 15) is 0 Å². The molecule has 1 heterocycles. The molecule has 2 aromatic rings. The second-order valence-corrected chi connectivity index (χ2v) is 10.8. The average molecular weight is 481 g/mol. The van der Waals surface area contributed by atoms with Crippen molar-refractivity contribution >= 4 is 0 Å². The highest BCUT2D eigenvalue weighted by Gasteiger charge is 2.34. The van der Waals surface area contributed by atoms with Crippen molar-refractivity contribution in [3.05, 3.63) is 58.1 Å². The van der Waals surface area contributed by atoms with Gasteiger partial charge in [0.05, 0.1) is 0 Å². The van der Waals surface area contributed by atoms with E-state index in [2.05, 4.69) is 52.0 Å². The van der Waals surface area contributed by atoms with Crippen LogP contribution in [-0.2, 0) is 13.0 Å². The van der Waals surface area contributed by atoms with Crippen LogP contribution in [0.4, 0.5) is 0 Å². The molecule has 1 aliphatic rings. The van der Waals surface area contributed by atoms with Gasteiger partial charge in [-0.2, -0.15) is 0 Å². The van der Waals surface area contributed by atoms with Crippen molar-refractivity contribution in [1.82, 2.24) is 0 Å². The number of ether oxygens (including phenoxy) is 2. The molecule has 0 amide bonds. The Hall–Kier alpha value is -2.00. The lowest BCUT2D eigenvalue weighted by molar-refractivity contribution is 0.0521. The van der Waals surface area contributed by atoms with Crippen LogP contribution in [0.15, 0.2) is 30.3 Å². The fourth-order valence-electron chi connectivity index (χ4n) is 5.43. The first-order chi connectivity index (χ1) is 16.9. The molecule has 194 valence electrons. The summed E-state index contributed by atoms with van der Waals surface area (Å²) in [6.45, 7) is 9.82. The number of unbranched alkanes of at least 4 members (excludes halogenated alkanes) is 9. The molecule has 0 bridgehead atoms. The van der Waals surface area contributed by atoms with Gasteiger partial charge in [0, 0.05) is 12.2 Å². The summed E-state index contributed by atoms with van der Waals surface area (Å²) in [5, 5.41) is 8.84. The predicted molar refractivity (Wildman–Crippen MR) is 147 cm³/mol. The topological polar surface area (TPSA) is 38.7 Å². The van der Waals surface area contributed by atoms with E-state index in [1.165, 1.54) is 85.6 Å². The maximum atomic E-state index is 8.84. The van der Waals surface area contributed by atoms with Gasteiger partial charge >= 0.3 is 0 Å². The fraction of sp³-hybridized carbons (Fsp3) is 0.625. The smallest absolute Gasteiger partial charge is 0.127 e. The van der Waals surface area contributed by atoms with E-state index in [1.807, 2.05) is 6.07 Å². The Morgan fingerprint density at radius 3 is 2.03 bits per heavy atom. The predicted octanol–water partition coefficient (Wildman–Crippen LogP) is 8.56. The van der Waals surface area contributed by atoms with Crippen LogP contribution in [0.1, 0.15) is 112 Å². The summed E-state index contributed by atoms with van der Waals surface area (Å²) in [7, 11) is 0. The highest BCUT2D eigenvalue weighted by atomic mass is 16.5. The van der Waals surface area contributed by atoms with Crippen molar-refractivity contribution in [2.75, 3.05) is 6.61 Å². The zero-order chi connectivity index (χ0) is 25.1. The number of fused-ring (bicyclic) bond motifs is 1. The molecule has 0 spiro atoms. The van der Waals surface area contributed by atoms with Crippen molar-refractivity contribution in [2.24, 2.45) is 0 Å². The molecule has 0 fully saturated rings. The van der Waals surface area contributed by atoms with Crippen molar-refractivity contribution in [1.29, 1.82) is 0 Å². The summed E-state index contributed by atoms with van der Waals surface area (Å²) in [5.74, 6) is 2.15. The molecule has 1 aliphatic heterocycles. The summed E-state index contributed by atoms with van der Waals surface area (Å²) in [4.78, 5) is 0. The van der Waals surface area contributed by atoms with Crippen molar-refractivity contribution in [2.45, 2.75) is 123 Å². The lowest BCUT2D eigenvalue weighted by Gasteiger charge is -2.38. The Bertz CT molecular complexity index is 905. The van der Waals surface area contributed by atoms with Crippen molar-refractivity contribution < 1.29 is 14.6 Å². The minimum atomic E-state index is -0.0598. The molecular weight excluding hydrogens is 432 g/mol. The molecular formula is C32H48O3. The van der Waals surface area contributed by atoms with Gasteiger partial charge in [0.1, 0.15) is 23.7 Å². The Morgan fingerprint density at radius 2 is 1.40 bits per heavy atom. The lowest BCUT2D eigenvalue weighted by Crippen LogP contribution is -2.37. The van der Waals surface area contributed by atoms with Crippen LogP contribution in [0, 0.1) is 20.8 Å². The van der Waals surface area contributed by atoms with Crippen LogP contribution in [0.5, 0.6) is 11.5 Å². The van der Waals surface area contributed by atoms with Gasteiger partial charge in [-0.15, -0.1) is 0 Å². The highest BCUT2D eigenvalue weighted by Crippen LogP contribution is 2.45. The Morgan fingerprint density at radius 1 is 0.800 bits per heavy atom. The number of aliphatic hydroxyl groups is 1. The number of hydrogen-bond donors (Lipinski definition) is 1. The molecule has 3 rings (SSSR count). The van der Waals surface area contributed by atoms with Gasteiger partial charge in [0.2, 0.25) is 0 Å². The van der Waals surface area contributed by atoms with Crippen LogP contribution in [-0.4, -0.2) is 17.3 Å². The molecule has 1 atom stereocenters. The summed E-state index contributed by atoms with van der Waals surface area (Å²) in [6, 6.07) is 10.4. The summed E-state index contributed by atoms with van der Waals surface area (Å²) < 4.78 is 13.1. The first kappa shape index (κ1) is 27.6. The van der Waals surface area contributed by atoms with Crippen LogP contribution in [0.2, 0.25) is 0 Å². The third-order valence-electron chi connectivity index (χ3n) is 7.90. The summed E-state index contributed by atoms with van der Waals surface area (Å²) >= 11 is 0. The molecule has 0 saturated heterocycles. The Kier molecular flexibility index (Phi) is 11.0. The second kappa shape index (κ2) is 13.9. The number of hydrogen-bond acceptors (Lipinski definition) is 3. The van der Waals surface area contributed by atoms with Crippen molar-refractivity contribution in [3.63, 3.8) is 0 Å². The van der Waals surface area contributed by atoms with Gasteiger partial charge < -0.3 is 14.6 Å². The largest absolute Gasteiger partial charge is 0.488 e. The molecule has 2 aromatic carbocycles. The summed E-state index contributed by atoms with van der Waals surface area (Å²) in [6.07, 6.45) is 16.0. The van der Waals surface area contributed by atoms with Crippen LogP contribution in [0.3, 0.4) is 0 Å². The maximum absolute atomic E-state index is 8.84. The van der Waals surface area contributed by atoms with Crippen LogP contribution < -0.4 is 9.47 Å². The van der Waals surface area contributed by atoms with E-state index in [1.54, 1.807) is 0 Å². The fourth-order valence-corrected chi connectivity index (χ4v) is 5.43. The quantitative estimate of drug-likeness (QED) is 0.259. The SMILES string of the molecule is Cc1c(C)c2c(c(C)c1OCc1ccccc1)CCC(C)(CCCCCCCCCCCCO)O2. The monoisotopic (exact) mass is 480 g/mol. The van der Waals surface area contributed by atoms with E-state index in [0.29, 0.717) is 13.2 Å². The Labute approximate surface area is 214 Å². The minimum Gasteiger partial charge on any atom is -0.488 e. The molecule has 0 aliphatic carbocycles. The summed E-state index contributed by atoms with van der Waals surface area (Å²) in [5.41, 5.74) is 6.17. The molecule has 3 nitrogen and oxygen atoms in total. The van der Waals surface area contributed by atoms with Crippen molar-refractivity contribution in [3.8, 4) is 11.5 Å². The third-order valence-corrected chi connectivity index (χ3v) is 7.90. The standard InChI is InChI=1S/C32H48O3/c1-25-26(2)31-29(27(3)30(25)34-24-28-18-14-13-15-19-28)20-22-32(4,35-31)21-16-11-9-7-5-6-8-10-12-17-23-33/h13-15,18-19,33H,5-12,16-17,20-24H2,1-4H3. The van der Waals surface area contributed by atoms with E-state index >= 15 is 0 Å². The van der Waals surface area contributed by atoms with Crippen LogP contribution >= 0.6 is 0 Å². The first-order valence-corrected chi connectivity index (χ1v) is 14.0. The van der Waals surface area contributed by atoms with Crippen LogP contribution in [0.25, 0.3) is 0 Å². The van der Waals surface area contributed by atoms with Gasteiger partial charge in [-0.25, -0.2) is 0 Å². The number of benzene rings is 2. The highest BCUT2D eigenvalue weighted by molar-refractivity contribution is 5.59. The third kappa shape index (κ3) is 8.00. The lowest BCUT2D eigenvalue weighted by atomic mass is 9.84. The molecule has 35 heavy (non-hydrogen) atoms. The maximum Gasteiger partial charge on any atom is 0.127 e. The molecule has 3 heteroatoms. The normalized spacial score (nSPS) is 17.2. The first-order valence-electron chi connectivity index (χ1n) is 14.0. The van der Waals surface area contributed by atoms with Gasteiger partial charge in [0.25, 0.3) is 0 Å². The molecule has 1 unspecified atom stereocenters. The zero-order valence-corrected chi connectivity index (χ0v) is 22.8. The van der Waals surface area contributed by atoms with Gasteiger partial charge in [0.15, 0.2) is 0 Å². The van der Waals surface area contributed by atoms with E-state index in [4.69, 9.17) is 14.6 Å². The second-order valence-electron chi connectivity index (χ2n) is 10.8. The average Bonchev–Trinajstić information content (AvgIpc) is 2.86. The van der Waals surface area contributed by atoms with Gasteiger partial charge in [-0.05, 0) is 82.1 Å². The Balaban J connectivity index is 1.47. The molecule has 0 saturated carbocycles. The van der Waals surface area contributed by atoms with Gasteiger partial charge in [-0.3, -0.25) is 0 Å². The minimum absolute atomic E-state index is 0.0598. The molecule has 0 aromatic heterocycles. The van der Waals surface area contributed by atoms with Gasteiger partial charge in [-0.1, -0.05) is 81.7 Å². The van der Waals surface area contributed by atoms with E-state index < -0.39 is 0 Å². The molecule has 0 radical (unpaired) electrons. The van der Waals surface area contributed by atoms with E-state index in [-0.39, 0.29) is 5.60 Å². The number of rotatable bonds is 15. The molecule has 1 N–H and O–H groups in total. The van der Waals surface area contributed by atoms with E-state index in [0.717, 1.165) is 37.2 Å². The zero-order valence-electron chi connectivity index (χ0n) is 22.8.